The second-order valence-electron chi connectivity index (χ2n) is 5.11. The molecule has 1 aromatic carbocycles. The molecule has 1 fully saturated rings. The fourth-order valence-corrected chi connectivity index (χ4v) is 2.93. The third kappa shape index (κ3) is 2.89. The Morgan fingerprint density at radius 2 is 1.70 bits per heavy atom. The summed E-state index contributed by atoms with van der Waals surface area (Å²) in [6, 6.07) is 10.6. The zero-order valence-corrected chi connectivity index (χ0v) is 12.4. The van der Waals surface area contributed by atoms with E-state index in [2.05, 4.69) is 51.2 Å². The normalized spacial score (nSPS) is 19.8. The van der Waals surface area contributed by atoms with Gasteiger partial charge in [-0.25, -0.2) is 5.32 Å². The van der Waals surface area contributed by atoms with E-state index in [4.69, 9.17) is 12.2 Å². The van der Waals surface area contributed by atoms with E-state index in [0.717, 1.165) is 31.9 Å². The van der Waals surface area contributed by atoms with E-state index in [1.54, 1.807) is 0 Å². The highest BCUT2D eigenvalue weighted by Gasteiger charge is 2.24. The Hall–Kier alpha value is -1.72. The monoisotopic (exact) mass is 287 g/mol. The first-order valence-electron chi connectivity index (χ1n) is 6.93. The molecule has 1 aromatic rings. The van der Waals surface area contributed by atoms with Crippen molar-refractivity contribution < 1.29 is 5.32 Å². The first-order valence-corrected chi connectivity index (χ1v) is 7.34. The van der Waals surface area contributed by atoms with Gasteiger partial charge < -0.3 is 9.80 Å². The maximum Gasteiger partial charge on any atom is 0.299 e. The van der Waals surface area contributed by atoms with Crippen LogP contribution in [0.25, 0.3) is 0 Å². The molecule has 5 heteroatoms. The fourth-order valence-electron chi connectivity index (χ4n) is 2.66. The number of anilines is 1. The lowest BCUT2D eigenvalue weighted by Gasteiger charge is -2.37. The van der Waals surface area contributed by atoms with Gasteiger partial charge in [0.2, 0.25) is 5.82 Å². The number of para-hydroxylation sites is 1. The number of benzene rings is 1. The summed E-state index contributed by atoms with van der Waals surface area (Å²) in [5.74, 6) is 1.20. The molecule has 4 nitrogen and oxygen atoms in total. The summed E-state index contributed by atoms with van der Waals surface area (Å²) in [6.07, 6.45) is 2.12. The van der Waals surface area contributed by atoms with Gasteiger partial charge in [-0.15, -0.1) is 0 Å². The first-order chi connectivity index (χ1) is 9.72. The van der Waals surface area contributed by atoms with Crippen molar-refractivity contribution in [2.45, 2.75) is 6.92 Å². The van der Waals surface area contributed by atoms with Crippen LogP contribution < -0.4 is 10.2 Å². The van der Waals surface area contributed by atoms with Crippen LogP contribution in [0.3, 0.4) is 0 Å². The van der Waals surface area contributed by atoms with Crippen LogP contribution in [0, 0.1) is 0 Å². The number of hydrogen-bond acceptors (Lipinski definition) is 3. The third-order valence-corrected chi connectivity index (χ3v) is 3.89. The molecular formula is C15H19N4S+. The van der Waals surface area contributed by atoms with Crippen LogP contribution >= 0.6 is 12.2 Å². The van der Waals surface area contributed by atoms with Crippen molar-refractivity contribution in [1.82, 2.24) is 4.90 Å². The van der Waals surface area contributed by atoms with Crippen molar-refractivity contribution in [3.63, 3.8) is 0 Å². The number of rotatable bonds is 2. The standard InChI is InChI=1S/C15H18N4S/c1-12-11-14(17-15(20)16-12)19-9-7-18(8-10-19)13-5-3-2-4-6-13/h2-6,11H,7-10H2,1H3,(H,16,17,20)/p+1. The quantitative estimate of drug-likeness (QED) is 0.824. The summed E-state index contributed by atoms with van der Waals surface area (Å²) < 4.78 is 0. The minimum absolute atomic E-state index is 0.686. The molecule has 3 rings (SSSR count). The van der Waals surface area contributed by atoms with Gasteiger partial charge in [-0.1, -0.05) is 18.2 Å². The molecule has 0 saturated carbocycles. The number of allylic oxidation sites excluding steroid dienone is 1. The van der Waals surface area contributed by atoms with Gasteiger partial charge in [0.05, 0.1) is 5.71 Å². The summed E-state index contributed by atoms with van der Waals surface area (Å²) in [5.41, 5.74) is 2.31. The predicted molar refractivity (Wildman–Crippen MR) is 85.9 cm³/mol. The predicted octanol–water partition coefficient (Wildman–Crippen LogP) is 0.973. The second-order valence-corrected chi connectivity index (χ2v) is 5.53. The van der Waals surface area contributed by atoms with Crippen molar-refractivity contribution in [3.8, 4) is 0 Å². The molecule has 2 aliphatic heterocycles. The van der Waals surface area contributed by atoms with Crippen molar-refractivity contribution >= 4 is 28.7 Å². The zero-order valence-electron chi connectivity index (χ0n) is 11.6. The molecule has 20 heavy (non-hydrogen) atoms. The highest BCUT2D eigenvalue weighted by atomic mass is 32.1. The lowest BCUT2D eigenvalue weighted by Crippen LogP contribution is -2.88. The van der Waals surface area contributed by atoms with E-state index in [0.29, 0.717) is 5.11 Å². The van der Waals surface area contributed by atoms with Gasteiger partial charge in [-0.3, -0.25) is 0 Å². The Morgan fingerprint density at radius 1 is 1.05 bits per heavy atom. The van der Waals surface area contributed by atoms with Crippen molar-refractivity contribution in [2.75, 3.05) is 31.1 Å². The Balaban J connectivity index is 1.65. The van der Waals surface area contributed by atoms with Gasteiger partial charge in [0.15, 0.2) is 0 Å². The lowest BCUT2D eigenvalue weighted by atomic mass is 10.2. The van der Waals surface area contributed by atoms with Gasteiger partial charge in [-0.2, -0.15) is 4.99 Å². The number of thiocarbonyl (C=S) groups is 1. The van der Waals surface area contributed by atoms with Gasteiger partial charge in [0, 0.05) is 50.2 Å². The molecule has 0 atom stereocenters. The van der Waals surface area contributed by atoms with Crippen LogP contribution in [-0.2, 0) is 0 Å². The summed E-state index contributed by atoms with van der Waals surface area (Å²) in [6.45, 7) is 6.12. The van der Waals surface area contributed by atoms with Crippen LogP contribution in [0.1, 0.15) is 6.92 Å². The molecule has 0 bridgehead atoms. The summed E-state index contributed by atoms with van der Waals surface area (Å²) in [4.78, 5) is 9.09. The summed E-state index contributed by atoms with van der Waals surface area (Å²) in [5, 5.41) is 2.69. The number of nitrogens with zero attached hydrogens (tertiary/aromatic N) is 3. The lowest BCUT2D eigenvalue weighted by molar-refractivity contribution is -0.502. The fraction of sp³-hybridized carbons (Fsp3) is 0.333. The van der Waals surface area contributed by atoms with E-state index in [-0.39, 0.29) is 0 Å². The van der Waals surface area contributed by atoms with Gasteiger partial charge in [-0.05, 0) is 19.1 Å². The number of piperazine rings is 1. The highest BCUT2D eigenvalue weighted by Crippen LogP contribution is 2.16. The molecule has 0 unspecified atom stereocenters. The van der Waals surface area contributed by atoms with Crippen molar-refractivity contribution in [3.05, 3.63) is 42.2 Å². The largest absolute Gasteiger partial charge is 0.368 e. The van der Waals surface area contributed by atoms with Crippen molar-refractivity contribution in [2.24, 2.45) is 4.99 Å². The van der Waals surface area contributed by atoms with E-state index >= 15 is 0 Å². The van der Waals surface area contributed by atoms with Crippen LogP contribution in [-0.4, -0.2) is 41.9 Å². The van der Waals surface area contributed by atoms with E-state index < -0.39 is 0 Å². The topological polar surface area (TPSA) is 35.5 Å². The van der Waals surface area contributed by atoms with Crippen LogP contribution in [0.5, 0.6) is 0 Å². The number of quaternary nitrogens is 1. The van der Waals surface area contributed by atoms with E-state index in [1.807, 2.05) is 12.2 Å². The molecule has 1 saturated heterocycles. The number of hydrogen-bond donors (Lipinski definition) is 1. The maximum absolute atomic E-state index is 5.21. The summed E-state index contributed by atoms with van der Waals surface area (Å²) in [7, 11) is 0. The molecule has 0 amide bonds. The average Bonchev–Trinajstić information content (AvgIpc) is 2.47. The van der Waals surface area contributed by atoms with E-state index in [9.17, 15) is 0 Å². The third-order valence-electron chi connectivity index (χ3n) is 3.68. The number of aliphatic imine (C=N–C) groups is 1. The van der Waals surface area contributed by atoms with Gasteiger partial charge in [0.25, 0.3) is 5.11 Å². The van der Waals surface area contributed by atoms with Gasteiger partial charge >= 0.3 is 0 Å². The smallest absolute Gasteiger partial charge is 0.299 e. The Labute approximate surface area is 124 Å². The molecule has 2 heterocycles. The molecule has 2 aliphatic rings. The highest BCUT2D eigenvalue weighted by molar-refractivity contribution is 7.79. The zero-order chi connectivity index (χ0) is 13.9. The molecule has 0 aromatic heterocycles. The molecular weight excluding hydrogens is 268 g/mol. The Kier molecular flexibility index (Phi) is 3.80. The minimum atomic E-state index is 0.686. The molecule has 0 radical (unpaired) electrons. The Morgan fingerprint density at radius 3 is 2.35 bits per heavy atom. The molecule has 104 valence electrons. The molecule has 2 N–H and O–H groups in total. The maximum atomic E-state index is 5.21. The van der Waals surface area contributed by atoms with Gasteiger partial charge in [0.1, 0.15) is 0 Å². The SMILES string of the molecule is CC1=NC(=S)[NH2+]C(N2CCN(c3ccccc3)CC2)=C1. The summed E-state index contributed by atoms with van der Waals surface area (Å²) >= 11 is 5.21. The van der Waals surface area contributed by atoms with Crippen LogP contribution in [0.2, 0.25) is 0 Å². The average molecular weight is 287 g/mol. The van der Waals surface area contributed by atoms with Crippen LogP contribution in [0.15, 0.2) is 47.2 Å². The molecule has 0 aliphatic carbocycles. The van der Waals surface area contributed by atoms with Crippen molar-refractivity contribution in [1.29, 1.82) is 0 Å². The van der Waals surface area contributed by atoms with Crippen LogP contribution in [0.4, 0.5) is 5.69 Å². The first kappa shape index (κ1) is 13.3. The van der Waals surface area contributed by atoms with E-state index in [1.165, 1.54) is 11.5 Å². The molecule has 0 spiro atoms. The number of nitrogens with two attached hydrogens (primary N) is 1. The second kappa shape index (κ2) is 5.73. The minimum Gasteiger partial charge on any atom is -0.368 e. The Bertz CT molecular complexity index is 556.